The van der Waals surface area contributed by atoms with Gasteiger partial charge in [0, 0.05) is 9.84 Å². The molecule has 0 aliphatic heterocycles. The number of benzene rings is 1. The molecule has 3 atom stereocenters. The van der Waals surface area contributed by atoms with E-state index in [1.54, 1.807) is 6.07 Å². The molecule has 1 N–H and O–H groups in total. The van der Waals surface area contributed by atoms with E-state index in [-0.39, 0.29) is 18.6 Å². The smallest absolute Gasteiger partial charge is 0.393 e. The van der Waals surface area contributed by atoms with Crippen molar-refractivity contribution in [1.29, 1.82) is 0 Å². The van der Waals surface area contributed by atoms with Gasteiger partial charge in [-0.05, 0) is 30.5 Å². The van der Waals surface area contributed by atoms with E-state index in [4.69, 9.17) is 4.74 Å². The van der Waals surface area contributed by atoms with Gasteiger partial charge < -0.3 is 9.84 Å². The highest BCUT2D eigenvalue weighted by Gasteiger charge is 2.32. The third-order valence-electron chi connectivity index (χ3n) is 3.45. The fourth-order valence-corrected chi connectivity index (χ4v) is 3.56. The molecule has 1 fully saturated rings. The van der Waals surface area contributed by atoms with Crippen LogP contribution in [-0.2, 0) is 17.5 Å². The molecule has 1 aromatic carbocycles. The predicted octanol–water partition coefficient (Wildman–Crippen LogP) is 3.80. The van der Waals surface area contributed by atoms with Crippen molar-refractivity contribution in [3.63, 3.8) is 0 Å². The Bertz CT molecular complexity index is 450. The van der Waals surface area contributed by atoms with Gasteiger partial charge in [-0.2, -0.15) is 13.2 Å². The number of alkyl halides is 4. The molecule has 2 nitrogen and oxygen atoms in total. The van der Waals surface area contributed by atoms with Gasteiger partial charge in [-0.1, -0.05) is 34.7 Å². The van der Waals surface area contributed by atoms with Gasteiger partial charge in [-0.3, -0.25) is 0 Å². The summed E-state index contributed by atoms with van der Waals surface area (Å²) in [6.07, 6.45) is -3.03. The summed E-state index contributed by atoms with van der Waals surface area (Å²) in [7, 11) is 0. The van der Waals surface area contributed by atoms with Gasteiger partial charge in [-0.15, -0.1) is 0 Å². The molecule has 1 aliphatic rings. The Hall–Kier alpha value is -0.340. The third kappa shape index (κ3) is 4.33. The van der Waals surface area contributed by atoms with Crippen molar-refractivity contribution in [3.8, 4) is 0 Å². The first kappa shape index (κ1) is 16.0. The van der Waals surface area contributed by atoms with Gasteiger partial charge in [0.2, 0.25) is 0 Å². The minimum Gasteiger partial charge on any atom is -0.393 e. The van der Waals surface area contributed by atoms with Gasteiger partial charge >= 0.3 is 6.18 Å². The molecule has 0 spiro atoms. The molecular formula is C14H16F3IO2. The maximum atomic E-state index is 12.6. The molecule has 6 heteroatoms. The zero-order valence-electron chi connectivity index (χ0n) is 10.7. The largest absolute Gasteiger partial charge is 0.416 e. The Balaban J connectivity index is 1.85. The van der Waals surface area contributed by atoms with Crippen LogP contribution in [0.1, 0.15) is 24.0 Å². The summed E-state index contributed by atoms with van der Waals surface area (Å²) in [5.74, 6) is 0.0858. The Morgan fingerprint density at radius 3 is 2.65 bits per heavy atom. The molecule has 1 aliphatic carbocycles. The molecular weight excluding hydrogens is 384 g/mol. The average Bonchev–Trinajstić information content (AvgIpc) is 2.67. The number of hydrogen-bond donors (Lipinski definition) is 1. The summed E-state index contributed by atoms with van der Waals surface area (Å²) < 4.78 is 43.6. The molecule has 20 heavy (non-hydrogen) atoms. The van der Waals surface area contributed by atoms with Crippen LogP contribution < -0.4 is 0 Å². The number of aliphatic hydroxyl groups excluding tert-OH is 1. The second kappa shape index (κ2) is 6.62. The van der Waals surface area contributed by atoms with Crippen LogP contribution in [0.2, 0.25) is 0 Å². The maximum Gasteiger partial charge on any atom is 0.416 e. The van der Waals surface area contributed by atoms with E-state index < -0.39 is 11.7 Å². The lowest BCUT2D eigenvalue weighted by atomic mass is 10.1. The topological polar surface area (TPSA) is 29.5 Å². The molecule has 0 heterocycles. The summed E-state index contributed by atoms with van der Waals surface area (Å²) in [6, 6.07) is 5.14. The lowest BCUT2D eigenvalue weighted by Gasteiger charge is -2.15. The third-order valence-corrected chi connectivity index (χ3v) is 4.47. The van der Waals surface area contributed by atoms with Crippen molar-refractivity contribution in [2.24, 2.45) is 5.92 Å². The van der Waals surface area contributed by atoms with Gasteiger partial charge in [-0.25, -0.2) is 0 Å². The van der Waals surface area contributed by atoms with Crippen LogP contribution in [0.25, 0.3) is 0 Å². The summed E-state index contributed by atoms with van der Waals surface area (Å²) in [5.41, 5.74) is -0.162. The minimum absolute atomic E-state index is 0.0858. The number of rotatable bonds is 4. The highest BCUT2D eigenvalue weighted by molar-refractivity contribution is 14.1. The van der Waals surface area contributed by atoms with Gasteiger partial charge in [0.05, 0.1) is 24.9 Å². The second-order valence-electron chi connectivity index (χ2n) is 5.11. The lowest BCUT2D eigenvalue weighted by molar-refractivity contribution is -0.137. The van der Waals surface area contributed by atoms with E-state index in [9.17, 15) is 18.3 Å². The number of aliphatic hydroxyl groups is 1. The molecule has 112 valence electrons. The Labute approximate surface area is 129 Å². The number of hydrogen-bond acceptors (Lipinski definition) is 2. The molecule has 2 unspecified atom stereocenters. The Morgan fingerprint density at radius 2 is 2.05 bits per heavy atom. The quantitative estimate of drug-likeness (QED) is 0.616. The molecule has 0 saturated heterocycles. The van der Waals surface area contributed by atoms with E-state index in [1.807, 2.05) is 0 Å². The summed E-state index contributed by atoms with van der Waals surface area (Å²) in [5, 5.41) is 9.77. The van der Waals surface area contributed by atoms with E-state index in [1.165, 1.54) is 6.07 Å². The van der Waals surface area contributed by atoms with Crippen LogP contribution in [0.15, 0.2) is 24.3 Å². The van der Waals surface area contributed by atoms with Crippen LogP contribution in [0, 0.1) is 5.92 Å². The van der Waals surface area contributed by atoms with E-state index in [0.29, 0.717) is 16.1 Å². The van der Waals surface area contributed by atoms with Crippen molar-refractivity contribution in [2.75, 3.05) is 6.61 Å². The first-order valence-electron chi connectivity index (χ1n) is 6.42. The zero-order valence-corrected chi connectivity index (χ0v) is 12.9. The zero-order chi connectivity index (χ0) is 14.8. The van der Waals surface area contributed by atoms with Crippen LogP contribution in [0.4, 0.5) is 13.2 Å². The summed E-state index contributed by atoms with van der Waals surface area (Å²) >= 11 is 2.30. The van der Waals surface area contributed by atoms with Gasteiger partial charge in [0.25, 0.3) is 0 Å². The molecule has 1 aromatic rings. The lowest BCUT2D eigenvalue weighted by Crippen LogP contribution is -2.18. The van der Waals surface area contributed by atoms with E-state index in [2.05, 4.69) is 22.6 Å². The van der Waals surface area contributed by atoms with Crippen molar-refractivity contribution < 1.29 is 23.0 Å². The maximum absolute atomic E-state index is 12.6. The SMILES string of the molecule is O[C@@H]1CC(I)CC1COCc1cccc(C(F)(F)F)c1. The van der Waals surface area contributed by atoms with E-state index in [0.717, 1.165) is 25.0 Å². The van der Waals surface area contributed by atoms with Crippen molar-refractivity contribution in [3.05, 3.63) is 35.4 Å². The summed E-state index contributed by atoms with van der Waals surface area (Å²) in [6.45, 7) is 0.524. The minimum atomic E-state index is -4.33. The van der Waals surface area contributed by atoms with Crippen LogP contribution in [0.3, 0.4) is 0 Å². The molecule has 0 aromatic heterocycles. The monoisotopic (exact) mass is 400 g/mol. The highest BCUT2D eigenvalue weighted by Crippen LogP contribution is 2.32. The molecule has 0 amide bonds. The normalized spacial score (nSPS) is 26.9. The van der Waals surface area contributed by atoms with Gasteiger partial charge in [0.15, 0.2) is 0 Å². The standard InChI is InChI=1S/C14H16F3IO2/c15-14(16,17)11-3-1-2-9(4-11)7-20-8-10-5-12(18)6-13(10)19/h1-4,10,12-13,19H,5-8H2/t10?,12?,13-/m1/s1. The second-order valence-corrected chi connectivity index (χ2v) is 6.87. The summed E-state index contributed by atoms with van der Waals surface area (Å²) in [4.78, 5) is 0. The Kier molecular flexibility index (Phi) is 5.30. The van der Waals surface area contributed by atoms with Crippen molar-refractivity contribution in [1.82, 2.24) is 0 Å². The first-order valence-corrected chi connectivity index (χ1v) is 7.67. The van der Waals surface area contributed by atoms with Crippen LogP contribution in [0.5, 0.6) is 0 Å². The fourth-order valence-electron chi connectivity index (χ4n) is 2.38. The van der Waals surface area contributed by atoms with Crippen LogP contribution in [-0.4, -0.2) is 21.7 Å². The van der Waals surface area contributed by atoms with Crippen molar-refractivity contribution >= 4 is 22.6 Å². The molecule has 1 saturated carbocycles. The first-order chi connectivity index (χ1) is 9.36. The highest BCUT2D eigenvalue weighted by atomic mass is 127. The van der Waals surface area contributed by atoms with E-state index >= 15 is 0 Å². The fraction of sp³-hybridized carbons (Fsp3) is 0.571. The average molecular weight is 400 g/mol. The van der Waals surface area contributed by atoms with Crippen LogP contribution >= 0.6 is 22.6 Å². The predicted molar refractivity (Wildman–Crippen MR) is 77.6 cm³/mol. The molecule has 0 bridgehead atoms. The Morgan fingerprint density at radius 1 is 1.30 bits per heavy atom. The number of halogens is 4. The van der Waals surface area contributed by atoms with Gasteiger partial charge in [0.1, 0.15) is 0 Å². The van der Waals surface area contributed by atoms with Crippen molar-refractivity contribution in [2.45, 2.75) is 35.7 Å². The molecule has 0 radical (unpaired) electrons. The number of ether oxygens (including phenoxy) is 1. The molecule has 2 rings (SSSR count).